The lowest BCUT2D eigenvalue weighted by Crippen LogP contribution is -2.39. The van der Waals surface area contributed by atoms with Crippen LogP contribution in [0, 0.1) is 5.92 Å². The Bertz CT molecular complexity index is 545. The first-order chi connectivity index (χ1) is 8.97. The van der Waals surface area contributed by atoms with E-state index in [9.17, 15) is 13.2 Å². The summed E-state index contributed by atoms with van der Waals surface area (Å²) in [5.41, 5.74) is 0.395. The van der Waals surface area contributed by atoms with Crippen molar-refractivity contribution in [3.63, 3.8) is 0 Å². The van der Waals surface area contributed by atoms with Crippen LogP contribution in [0.2, 0.25) is 0 Å². The lowest BCUT2D eigenvalue weighted by molar-refractivity contribution is 0.0937. The van der Waals surface area contributed by atoms with Gasteiger partial charge in [0.15, 0.2) is 5.78 Å². The van der Waals surface area contributed by atoms with Crippen LogP contribution in [0.5, 0.6) is 0 Å². The molecule has 0 aromatic carbocycles. The predicted molar refractivity (Wildman–Crippen MR) is 70.1 cm³/mol. The fourth-order valence-electron chi connectivity index (χ4n) is 2.32. The summed E-state index contributed by atoms with van der Waals surface area (Å²) in [6.45, 7) is 0.979. The lowest BCUT2D eigenvalue weighted by atomic mass is 9.93. The van der Waals surface area contributed by atoms with E-state index in [4.69, 9.17) is 0 Å². The Labute approximate surface area is 112 Å². The van der Waals surface area contributed by atoms with Gasteiger partial charge in [-0.15, -0.1) is 0 Å². The topological polar surface area (TPSA) is 80.2 Å². The van der Waals surface area contributed by atoms with Gasteiger partial charge in [-0.2, -0.15) is 0 Å². The second-order valence-electron chi connectivity index (χ2n) is 4.85. The number of sulfonamides is 1. The zero-order valence-electron chi connectivity index (χ0n) is 10.8. The molecule has 104 valence electrons. The van der Waals surface area contributed by atoms with Crippen molar-refractivity contribution in [2.45, 2.75) is 19.3 Å². The van der Waals surface area contributed by atoms with E-state index >= 15 is 0 Å². The maximum absolute atomic E-state index is 12.0. The molecule has 0 bridgehead atoms. The summed E-state index contributed by atoms with van der Waals surface area (Å²) in [5, 5.41) is 0. The second-order valence-corrected chi connectivity index (χ2v) is 6.83. The Morgan fingerprint density at radius 1 is 1.53 bits per heavy atom. The molecule has 1 saturated heterocycles. The fourth-order valence-corrected chi connectivity index (χ4v) is 3.26. The van der Waals surface area contributed by atoms with Crippen LogP contribution in [0.15, 0.2) is 18.6 Å². The van der Waals surface area contributed by atoms with Crippen LogP contribution in [0.1, 0.15) is 29.8 Å². The summed E-state index contributed by atoms with van der Waals surface area (Å²) >= 11 is 0. The Balaban J connectivity index is 1.98. The van der Waals surface area contributed by atoms with E-state index in [1.54, 1.807) is 6.07 Å². The van der Waals surface area contributed by atoms with Gasteiger partial charge in [0.25, 0.3) is 0 Å². The summed E-state index contributed by atoms with van der Waals surface area (Å²) in [4.78, 5) is 19.7. The van der Waals surface area contributed by atoms with Gasteiger partial charge in [-0.1, -0.05) is 0 Å². The molecule has 0 saturated carbocycles. The number of rotatable bonds is 4. The number of Topliss-reactive ketones (excluding diaryl/α,β-unsaturated/α-hetero) is 1. The Hall–Kier alpha value is -1.34. The van der Waals surface area contributed by atoms with Crippen molar-refractivity contribution in [2.75, 3.05) is 19.3 Å². The highest BCUT2D eigenvalue weighted by Gasteiger charge is 2.27. The highest BCUT2D eigenvalue weighted by atomic mass is 32.2. The van der Waals surface area contributed by atoms with Crippen molar-refractivity contribution >= 4 is 15.8 Å². The average Bonchev–Trinajstić information content (AvgIpc) is 2.39. The summed E-state index contributed by atoms with van der Waals surface area (Å²) in [5.74, 6) is 0.0219. The molecule has 2 heterocycles. The van der Waals surface area contributed by atoms with E-state index in [-0.39, 0.29) is 11.7 Å². The zero-order chi connectivity index (χ0) is 13.9. The molecule has 0 aliphatic carbocycles. The summed E-state index contributed by atoms with van der Waals surface area (Å²) in [7, 11) is -3.16. The van der Waals surface area contributed by atoms with E-state index in [1.165, 1.54) is 23.1 Å². The van der Waals surface area contributed by atoms with Gasteiger partial charge < -0.3 is 0 Å². The third-order valence-electron chi connectivity index (χ3n) is 3.29. The molecule has 7 heteroatoms. The van der Waals surface area contributed by atoms with Gasteiger partial charge in [-0.05, 0) is 24.8 Å². The number of carbonyl (C=O) groups excluding carboxylic acids is 1. The van der Waals surface area contributed by atoms with Crippen molar-refractivity contribution in [1.82, 2.24) is 14.3 Å². The summed E-state index contributed by atoms with van der Waals surface area (Å²) in [6.07, 6.45) is 6.10. The lowest BCUT2D eigenvalue weighted by Gasteiger charge is -2.30. The number of piperidine rings is 1. The molecule has 1 fully saturated rings. The molecule has 0 amide bonds. The molecule has 1 aliphatic heterocycles. The molecule has 1 atom stereocenters. The Morgan fingerprint density at radius 2 is 2.32 bits per heavy atom. The van der Waals surface area contributed by atoms with Crippen LogP contribution in [0.3, 0.4) is 0 Å². The van der Waals surface area contributed by atoms with E-state index in [1.807, 2.05) is 0 Å². The van der Waals surface area contributed by atoms with Crippen LogP contribution in [0.4, 0.5) is 0 Å². The van der Waals surface area contributed by atoms with Crippen molar-refractivity contribution < 1.29 is 13.2 Å². The Morgan fingerprint density at radius 3 is 2.95 bits per heavy atom. The van der Waals surface area contributed by atoms with Crippen LogP contribution >= 0.6 is 0 Å². The van der Waals surface area contributed by atoms with Crippen molar-refractivity contribution in [1.29, 1.82) is 0 Å². The first-order valence-electron chi connectivity index (χ1n) is 6.21. The van der Waals surface area contributed by atoms with Crippen molar-refractivity contribution in [2.24, 2.45) is 5.92 Å². The van der Waals surface area contributed by atoms with Gasteiger partial charge >= 0.3 is 0 Å². The first kappa shape index (κ1) is 14.1. The van der Waals surface area contributed by atoms with E-state index in [2.05, 4.69) is 9.97 Å². The molecule has 6 nitrogen and oxygen atoms in total. The minimum atomic E-state index is -3.16. The molecular weight excluding hydrogens is 266 g/mol. The monoisotopic (exact) mass is 283 g/mol. The molecule has 0 radical (unpaired) electrons. The van der Waals surface area contributed by atoms with Gasteiger partial charge in [-0.25, -0.2) is 22.7 Å². The molecule has 19 heavy (non-hydrogen) atoms. The van der Waals surface area contributed by atoms with Crippen LogP contribution < -0.4 is 0 Å². The summed E-state index contributed by atoms with van der Waals surface area (Å²) < 4.78 is 24.5. The van der Waals surface area contributed by atoms with Crippen LogP contribution in [-0.4, -0.2) is 47.8 Å². The Kier molecular flexibility index (Phi) is 4.26. The SMILES string of the molecule is CS(=O)(=O)N1CCCC(CC(=O)c2ccncn2)C1. The third kappa shape index (κ3) is 3.81. The first-order valence-corrected chi connectivity index (χ1v) is 8.06. The average molecular weight is 283 g/mol. The van der Waals surface area contributed by atoms with E-state index in [0.717, 1.165) is 12.8 Å². The summed E-state index contributed by atoms with van der Waals surface area (Å²) in [6, 6.07) is 1.58. The minimum Gasteiger partial charge on any atom is -0.292 e. The number of ketones is 1. The highest BCUT2D eigenvalue weighted by molar-refractivity contribution is 7.88. The van der Waals surface area contributed by atoms with E-state index in [0.29, 0.717) is 25.2 Å². The number of carbonyl (C=O) groups is 1. The molecule has 0 N–H and O–H groups in total. The number of hydrogen-bond acceptors (Lipinski definition) is 5. The van der Waals surface area contributed by atoms with Gasteiger partial charge in [0, 0.05) is 25.7 Å². The van der Waals surface area contributed by atoms with Crippen LogP contribution in [-0.2, 0) is 10.0 Å². The third-order valence-corrected chi connectivity index (χ3v) is 4.56. The second kappa shape index (κ2) is 5.75. The largest absolute Gasteiger partial charge is 0.292 e. The number of aromatic nitrogens is 2. The van der Waals surface area contributed by atoms with Gasteiger partial charge in [-0.3, -0.25) is 4.79 Å². The molecule has 1 aromatic rings. The molecule has 2 rings (SSSR count). The normalized spacial score (nSPS) is 21.2. The molecular formula is C12H17N3O3S. The van der Waals surface area contributed by atoms with Gasteiger partial charge in [0.05, 0.1) is 6.26 Å². The molecule has 1 aromatic heterocycles. The highest BCUT2D eigenvalue weighted by Crippen LogP contribution is 2.22. The maximum atomic E-state index is 12.0. The quantitative estimate of drug-likeness (QED) is 0.761. The smallest absolute Gasteiger partial charge is 0.211 e. The zero-order valence-corrected chi connectivity index (χ0v) is 11.6. The van der Waals surface area contributed by atoms with Crippen molar-refractivity contribution in [3.8, 4) is 0 Å². The standard InChI is InChI=1S/C12H17N3O3S/c1-19(17,18)15-6-2-3-10(8-15)7-12(16)11-4-5-13-9-14-11/h4-5,9-10H,2-3,6-8H2,1H3. The number of hydrogen-bond donors (Lipinski definition) is 0. The van der Waals surface area contributed by atoms with Crippen LogP contribution in [0.25, 0.3) is 0 Å². The maximum Gasteiger partial charge on any atom is 0.211 e. The fraction of sp³-hybridized carbons (Fsp3) is 0.583. The molecule has 0 spiro atoms. The van der Waals surface area contributed by atoms with Gasteiger partial charge in [0.1, 0.15) is 12.0 Å². The predicted octanol–water partition coefficient (Wildman–Crippen LogP) is 0.721. The van der Waals surface area contributed by atoms with Crippen molar-refractivity contribution in [3.05, 3.63) is 24.3 Å². The van der Waals surface area contributed by atoms with Gasteiger partial charge in [0.2, 0.25) is 10.0 Å². The minimum absolute atomic E-state index is 0.0530. The number of nitrogens with zero attached hydrogens (tertiary/aromatic N) is 3. The molecule has 1 unspecified atom stereocenters. The molecule has 1 aliphatic rings. The van der Waals surface area contributed by atoms with E-state index < -0.39 is 10.0 Å².